The molecular formula is C18H22N2O2. The van der Waals surface area contributed by atoms with Crippen molar-refractivity contribution >= 4 is 5.91 Å². The second kappa shape index (κ2) is 7.61. The first-order valence-electron chi connectivity index (χ1n) is 7.32. The minimum absolute atomic E-state index is 0.0588. The van der Waals surface area contributed by atoms with E-state index in [0.29, 0.717) is 13.2 Å². The first kappa shape index (κ1) is 16.0. The summed E-state index contributed by atoms with van der Waals surface area (Å²) in [5.41, 5.74) is 7.76. The van der Waals surface area contributed by atoms with Crippen LogP contribution in [0.5, 0.6) is 5.75 Å². The van der Waals surface area contributed by atoms with E-state index in [0.717, 1.165) is 16.9 Å². The molecule has 4 heteroatoms. The maximum atomic E-state index is 11.8. The van der Waals surface area contributed by atoms with E-state index in [1.54, 1.807) is 18.9 Å². The molecule has 0 saturated carbocycles. The van der Waals surface area contributed by atoms with Crippen LogP contribution in [-0.2, 0) is 17.9 Å². The SMILES string of the molecule is CC(N)C(=O)N(C)Cc1ccc(COc2ccccc2)cc1. The van der Waals surface area contributed by atoms with Gasteiger partial charge in [-0.25, -0.2) is 0 Å². The van der Waals surface area contributed by atoms with Crippen LogP contribution in [0.4, 0.5) is 0 Å². The number of nitrogens with two attached hydrogens (primary N) is 1. The molecule has 0 aliphatic rings. The highest BCUT2D eigenvalue weighted by Gasteiger charge is 2.13. The molecule has 0 bridgehead atoms. The Balaban J connectivity index is 1.89. The fourth-order valence-corrected chi connectivity index (χ4v) is 2.12. The summed E-state index contributed by atoms with van der Waals surface area (Å²) >= 11 is 0. The number of hydrogen-bond acceptors (Lipinski definition) is 3. The highest BCUT2D eigenvalue weighted by atomic mass is 16.5. The number of carbonyl (C=O) groups excluding carboxylic acids is 1. The Morgan fingerprint density at radius 1 is 1.09 bits per heavy atom. The molecule has 1 unspecified atom stereocenters. The topological polar surface area (TPSA) is 55.6 Å². The number of likely N-dealkylation sites (N-methyl/N-ethyl adjacent to an activating group) is 1. The van der Waals surface area contributed by atoms with Crippen molar-refractivity contribution in [2.75, 3.05) is 7.05 Å². The third kappa shape index (κ3) is 4.60. The number of amides is 1. The van der Waals surface area contributed by atoms with Crippen LogP contribution in [0.3, 0.4) is 0 Å². The van der Waals surface area contributed by atoms with E-state index in [4.69, 9.17) is 10.5 Å². The Hall–Kier alpha value is -2.33. The van der Waals surface area contributed by atoms with Crippen molar-refractivity contribution in [1.82, 2.24) is 4.90 Å². The summed E-state index contributed by atoms with van der Waals surface area (Å²) in [6.45, 7) is 2.78. The van der Waals surface area contributed by atoms with Gasteiger partial charge in [0.15, 0.2) is 0 Å². The van der Waals surface area contributed by atoms with Crippen molar-refractivity contribution in [2.24, 2.45) is 5.73 Å². The van der Waals surface area contributed by atoms with Crippen molar-refractivity contribution in [3.63, 3.8) is 0 Å². The minimum Gasteiger partial charge on any atom is -0.489 e. The second-order valence-electron chi connectivity index (χ2n) is 5.40. The summed E-state index contributed by atoms with van der Waals surface area (Å²) < 4.78 is 5.70. The molecule has 0 aliphatic heterocycles. The minimum atomic E-state index is -0.469. The van der Waals surface area contributed by atoms with E-state index >= 15 is 0 Å². The quantitative estimate of drug-likeness (QED) is 0.891. The molecule has 2 aromatic carbocycles. The fourth-order valence-electron chi connectivity index (χ4n) is 2.12. The molecule has 2 N–H and O–H groups in total. The Morgan fingerprint density at radius 2 is 1.68 bits per heavy atom. The number of benzene rings is 2. The second-order valence-corrected chi connectivity index (χ2v) is 5.40. The van der Waals surface area contributed by atoms with Crippen LogP contribution in [0.25, 0.3) is 0 Å². The van der Waals surface area contributed by atoms with Crippen LogP contribution < -0.4 is 10.5 Å². The average Bonchev–Trinajstić information content (AvgIpc) is 2.54. The van der Waals surface area contributed by atoms with Crippen molar-refractivity contribution in [1.29, 1.82) is 0 Å². The van der Waals surface area contributed by atoms with E-state index in [-0.39, 0.29) is 5.91 Å². The first-order valence-corrected chi connectivity index (χ1v) is 7.32. The lowest BCUT2D eigenvalue weighted by molar-refractivity contribution is -0.131. The van der Waals surface area contributed by atoms with Gasteiger partial charge in [0, 0.05) is 13.6 Å². The Kier molecular flexibility index (Phi) is 5.55. The van der Waals surface area contributed by atoms with Crippen molar-refractivity contribution in [3.8, 4) is 5.75 Å². The van der Waals surface area contributed by atoms with Gasteiger partial charge in [-0.2, -0.15) is 0 Å². The van der Waals surface area contributed by atoms with Crippen molar-refractivity contribution < 1.29 is 9.53 Å². The van der Waals surface area contributed by atoms with Gasteiger partial charge < -0.3 is 15.4 Å². The smallest absolute Gasteiger partial charge is 0.239 e. The van der Waals surface area contributed by atoms with Crippen LogP contribution in [0.1, 0.15) is 18.1 Å². The molecule has 4 nitrogen and oxygen atoms in total. The van der Waals surface area contributed by atoms with E-state index in [1.807, 2.05) is 54.6 Å². The normalized spacial score (nSPS) is 11.8. The van der Waals surface area contributed by atoms with Gasteiger partial charge in [-0.15, -0.1) is 0 Å². The molecule has 22 heavy (non-hydrogen) atoms. The van der Waals surface area contributed by atoms with Crippen LogP contribution in [0.15, 0.2) is 54.6 Å². The zero-order chi connectivity index (χ0) is 15.9. The van der Waals surface area contributed by atoms with Crippen LogP contribution in [-0.4, -0.2) is 23.9 Å². The molecule has 116 valence electrons. The van der Waals surface area contributed by atoms with Gasteiger partial charge in [-0.1, -0.05) is 42.5 Å². The standard InChI is InChI=1S/C18H22N2O2/c1-14(19)18(21)20(2)12-15-8-10-16(11-9-15)13-22-17-6-4-3-5-7-17/h3-11,14H,12-13,19H2,1-2H3. The number of carbonyl (C=O) groups is 1. The molecule has 0 fully saturated rings. The Labute approximate surface area is 131 Å². The predicted molar refractivity (Wildman–Crippen MR) is 87.3 cm³/mol. The zero-order valence-corrected chi connectivity index (χ0v) is 13.0. The lowest BCUT2D eigenvalue weighted by Gasteiger charge is -2.19. The Bertz CT molecular complexity index is 594. The van der Waals surface area contributed by atoms with Gasteiger partial charge in [0.25, 0.3) is 0 Å². The molecule has 0 radical (unpaired) electrons. The number of para-hydroxylation sites is 1. The predicted octanol–water partition coefficient (Wildman–Crippen LogP) is 2.57. The molecule has 0 saturated heterocycles. The number of hydrogen-bond donors (Lipinski definition) is 1. The lowest BCUT2D eigenvalue weighted by atomic mass is 10.1. The molecule has 1 atom stereocenters. The summed E-state index contributed by atoms with van der Waals surface area (Å²) in [5.74, 6) is 0.797. The summed E-state index contributed by atoms with van der Waals surface area (Å²) in [6, 6.07) is 17.3. The zero-order valence-electron chi connectivity index (χ0n) is 13.0. The van der Waals surface area contributed by atoms with E-state index in [1.165, 1.54) is 0 Å². The Morgan fingerprint density at radius 3 is 2.27 bits per heavy atom. The van der Waals surface area contributed by atoms with Crippen LogP contribution >= 0.6 is 0 Å². The molecule has 2 rings (SSSR count). The molecule has 1 amide bonds. The lowest BCUT2D eigenvalue weighted by Crippen LogP contribution is -2.39. The fraction of sp³-hybridized carbons (Fsp3) is 0.278. The van der Waals surface area contributed by atoms with Crippen molar-refractivity contribution in [3.05, 3.63) is 65.7 Å². The van der Waals surface area contributed by atoms with E-state index < -0.39 is 6.04 Å². The molecule has 0 spiro atoms. The van der Waals surface area contributed by atoms with Gasteiger partial charge in [0.1, 0.15) is 12.4 Å². The van der Waals surface area contributed by atoms with Gasteiger partial charge >= 0.3 is 0 Å². The van der Waals surface area contributed by atoms with Gasteiger partial charge in [-0.3, -0.25) is 4.79 Å². The number of rotatable bonds is 6. The van der Waals surface area contributed by atoms with Crippen LogP contribution in [0, 0.1) is 0 Å². The summed E-state index contributed by atoms with van der Waals surface area (Å²) in [6.07, 6.45) is 0. The third-order valence-corrected chi connectivity index (χ3v) is 3.36. The van der Waals surface area contributed by atoms with Crippen LogP contribution in [0.2, 0.25) is 0 Å². The highest BCUT2D eigenvalue weighted by molar-refractivity contribution is 5.80. The van der Waals surface area contributed by atoms with Gasteiger partial charge in [0.2, 0.25) is 5.91 Å². The number of nitrogens with zero attached hydrogens (tertiary/aromatic N) is 1. The summed E-state index contributed by atoms with van der Waals surface area (Å²) in [4.78, 5) is 13.4. The highest BCUT2D eigenvalue weighted by Crippen LogP contribution is 2.13. The largest absolute Gasteiger partial charge is 0.489 e. The third-order valence-electron chi connectivity index (χ3n) is 3.36. The average molecular weight is 298 g/mol. The number of ether oxygens (including phenoxy) is 1. The molecule has 2 aromatic rings. The first-order chi connectivity index (χ1) is 10.6. The molecule has 0 heterocycles. The maximum Gasteiger partial charge on any atom is 0.239 e. The summed E-state index contributed by atoms with van der Waals surface area (Å²) in [5, 5.41) is 0. The van der Waals surface area contributed by atoms with E-state index in [9.17, 15) is 4.79 Å². The van der Waals surface area contributed by atoms with Gasteiger partial charge in [0.05, 0.1) is 6.04 Å². The summed E-state index contributed by atoms with van der Waals surface area (Å²) in [7, 11) is 1.76. The maximum absolute atomic E-state index is 11.8. The van der Waals surface area contributed by atoms with Gasteiger partial charge in [-0.05, 0) is 30.2 Å². The van der Waals surface area contributed by atoms with Crippen molar-refractivity contribution in [2.45, 2.75) is 26.1 Å². The monoisotopic (exact) mass is 298 g/mol. The molecule has 0 aromatic heterocycles. The molecule has 0 aliphatic carbocycles. The van der Waals surface area contributed by atoms with E-state index in [2.05, 4.69) is 0 Å². The molecular weight excluding hydrogens is 276 g/mol.